The van der Waals surface area contributed by atoms with Gasteiger partial charge >= 0.3 is 0 Å². The number of pyridine rings is 1. The van der Waals surface area contributed by atoms with Crippen LogP contribution in [0.4, 0.5) is 17.1 Å². The first-order chi connectivity index (χ1) is 21.2. The molecule has 3 amide bonds. The summed E-state index contributed by atoms with van der Waals surface area (Å²) < 4.78 is 1.65. The van der Waals surface area contributed by atoms with Gasteiger partial charge in [-0.25, -0.2) is 4.98 Å². The number of likely N-dealkylation sites (N-methyl/N-ethyl adjacent to an activating group) is 1. The van der Waals surface area contributed by atoms with Crippen LogP contribution in [0.25, 0.3) is 21.8 Å². The predicted octanol–water partition coefficient (Wildman–Crippen LogP) is 3.43. The van der Waals surface area contributed by atoms with E-state index in [0.717, 1.165) is 27.5 Å². The first-order valence-electron chi connectivity index (χ1n) is 14.1. The first kappa shape index (κ1) is 28.3. The smallest absolute Gasteiger partial charge is 0.270 e. The Morgan fingerprint density at radius 2 is 1.52 bits per heavy atom. The van der Waals surface area contributed by atoms with E-state index < -0.39 is 11.6 Å². The number of nitrogens with zero attached hydrogens (tertiary/aromatic N) is 3. The molecule has 0 aliphatic carbocycles. The number of amides is 3. The number of fused-ring (bicyclic) bond motifs is 2. The number of aromatic nitrogens is 2. The van der Waals surface area contributed by atoms with Crippen molar-refractivity contribution in [2.24, 2.45) is 7.05 Å². The summed E-state index contributed by atoms with van der Waals surface area (Å²) in [5, 5.41) is 13.9. The lowest BCUT2D eigenvalue weighted by atomic mass is 10.0. The van der Waals surface area contributed by atoms with Crippen LogP contribution in [-0.4, -0.2) is 58.0 Å². The summed E-state index contributed by atoms with van der Waals surface area (Å²) in [5.41, 5.74) is 8.80. The summed E-state index contributed by atoms with van der Waals surface area (Å²) in [6.45, 7) is -0.0173. The largest absolute Gasteiger partial charge is 0.397 e. The molecule has 44 heavy (non-hydrogen) atoms. The van der Waals surface area contributed by atoms with E-state index in [4.69, 9.17) is 10.7 Å². The molecule has 0 fully saturated rings. The van der Waals surface area contributed by atoms with Crippen molar-refractivity contribution < 1.29 is 14.4 Å². The van der Waals surface area contributed by atoms with Crippen molar-refractivity contribution in [1.82, 2.24) is 25.1 Å². The number of hydrogen-bond donors (Lipinski definition) is 5. The van der Waals surface area contributed by atoms with Crippen LogP contribution in [-0.2, 0) is 16.6 Å². The number of carbonyl (C=O) groups excluding carboxylic acids is 3. The maximum Gasteiger partial charge on any atom is 0.270 e. The van der Waals surface area contributed by atoms with Crippen LogP contribution in [0.1, 0.15) is 10.5 Å². The third kappa shape index (κ3) is 5.62. The molecular weight excluding hydrogens is 556 g/mol. The van der Waals surface area contributed by atoms with Gasteiger partial charge in [-0.1, -0.05) is 54.6 Å². The fraction of sp³-hybridized carbons (Fsp3) is 0.152. The van der Waals surface area contributed by atoms with Gasteiger partial charge in [-0.3, -0.25) is 14.4 Å². The van der Waals surface area contributed by atoms with Gasteiger partial charge in [0.1, 0.15) is 11.4 Å². The fourth-order valence-corrected chi connectivity index (χ4v) is 5.53. The van der Waals surface area contributed by atoms with Crippen molar-refractivity contribution in [2.45, 2.75) is 5.66 Å². The number of rotatable bonds is 8. The highest BCUT2D eigenvalue weighted by Gasteiger charge is 2.41. The first-order valence-corrected chi connectivity index (χ1v) is 14.1. The molecule has 0 saturated carbocycles. The SMILES string of the molecule is CN1CC(NC(=O)c2cc(N)cn2C)(Nc2c3ccccc3nc3ccccc23)C=C1C(=O)NCC(=O)Nc1ccccc1. The van der Waals surface area contributed by atoms with Crippen LogP contribution in [0.15, 0.2) is 103 Å². The van der Waals surface area contributed by atoms with E-state index >= 15 is 0 Å². The molecule has 11 heteroatoms. The van der Waals surface area contributed by atoms with Crippen molar-refractivity contribution in [3.63, 3.8) is 0 Å². The van der Waals surface area contributed by atoms with E-state index in [-0.39, 0.29) is 24.9 Å². The minimum Gasteiger partial charge on any atom is -0.397 e. The van der Waals surface area contributed by atoms with Gasteiger partial charge in [0.25, 0.3) is 11.8 Å². The van der Waals surface area contributed by atoms with Crippen LogP contribution in [0.5, 0.6) is 0 Å². The Bertz CT molecular complexity index is 1880. The Morgan fingerprint density at radius 3 is 2.16 bits per heavy atom. The van der Waals surface area contributed by atoms with Gasteiger partial charge in [-0.05, 0) is 36.4 Å². The standard InChI is InChI=1S/C33H32N8O3/c1-40-19-21(34)16-27(40)32(44)39-33(38-30-23-12-6-8-14-25(23)37-26-15-9-7-13-24(26)30)17-28(41(2)20-33)31(43)35-18-29(42)36-22-10-4-3-5-11-22/h3-17,19H,18,20,34H2,1-2H3,(H,35,43)(H,36,42)(H,37,38)(H,39,44). The molecule has 6 rings (SSSR count). The van der Waals surface area contributed by atoms with Gasteiger partial charge in [-0.2, -0.15) is 0 Å². The van der Waals surface area contributed by atoms with E-state index in [0.29, 0.717) is 22.8 Å². The van der Waals surface area contributed by atoms with Crippen LogP contribution in [0.2, 0.25) is 0 Å². The summed E-state index contributed by atoms with van der Waals surface area (Å²) >= 11 is 0. The van der Waals surface area contributed by atoms with E-state index in [2.05, 4.69) is 21.3 Å². The van der Waals surface area contributed by atoms with Crippen LogP contribution in [0.3, 0.4) is 0 Å². The molecule has 222 valence electrons. The molecule has 1 aliphatic rings. The lowest BCUT2D eigenvalue weighted by molar-refractivity contribution is -0.122. The summed E-state index contributed by atoms with van der Waals surface area (Å²) in [7, 11) is 3.50. The number of nitrogens with one attached hydrogen (secondary N) is 4. The molecule has 1 aliphatic heterocycles. The van der Waals surface area contributed by atoms with Crippen molar-refractivity contribution in [2.75, 3.05) is 36.5 Å². The van der Waals surface area contributed by atoms with Gasteiger partial charge in [-0.15, -0.1) is 0 Å². The maximum atomic E-state index is 13.7. The molecule has 3 heterocycles. The third-order valence-electron chi connectivity index (χ3n) is 7.51. The van der Waals surface area contributed by atoms with Crippen LogP contribution < -0.4 is 27.0 Å². The minimum absolute atomic E-state index is 0.211. The van der Waals surface area contributed by atoms with Gasteiger partial charge in [0.15, 0.2) is 5.66 Å². The summed E-state index contributed by atoms with van der Waals surface area (Å²) in [4.78, 5) is 46.2. The van der Waals surface area contributed by atoms with Crippen LogP contribution >= 0.6 is 0 Å². The van der Waals surface area contributed by atoms with Gasteiger partial charge in [0.2, 0.25) is 5.91 Å². The number of benzene rings is 3. The number of anilines is 3. The molecule has 6 N–H and O–H groups in total. The molecule has 0 radical (unpaired) electrons. The van der Waals surface area contributed by atoms with E-state index in [1.54, 1.807) is 54.0 Å². The third-order valence-corrected chi connectivity index (χ3v) is 7.51. The zero-order chi connectivity index (χ0) is 30.8. The molecule has 1 atom stereocenters. The molecule has 5 aromatic rings. The second-order valence-electron chi connectivity index (χ2n) is 10.8. The second kappa shape index (κ2) is 11.4. The van der Waals surface area contributed by atoms with Crippen molar-refractivity contribution >= 4 is 56.6 Å². The minimum atomic E-state index is -1.23. The number of nitrogen functional groups attached to an aromatic ring is 1. The maximum absolute atomic E-state index is 13.7. The highest BCUT2D eigenvalue weighted by molar-refractivity contribution is 6.08. The summed E-state index contributed by atoms with van der Waals surface area (Å²) in [6, 6.07) is 26.1. The molecule has 2 aromatic heterocycles. The fourth-order valence-electron chi connectivity index (χ4n) is 5.53. The van der Waals surface area contributed by atoms with Gasteiger partial charge < -0.3 is 36.5 Å². The topological polar surface area (TPSA) is 146 Å². The Morgan fingerprint density at radius 1 is 0.886 bits per heavy atom. The van der Waals surface area contributed by atoms with E-state index in [1.807, 2.05) is 66.7 Å². The van der Waals surface area contributed by atoms with Gasteiger partial charge in [0.05, 0.1) is 35.5 Å². The van der Waals surface area contributed by atoms with E-state index in [9.17, 15) is 14.4 Å². The molecule has 11 nitrogen and oxygen atoms in total. The zero-order valence-electron chi connectivity index (χ0n) is 24.3. The molecular formula is C33H32N8O3. The average molecular weight is 589 g/mol. The Hall–Kier alpha value is -5.84. The van der Waals surface area contributed by atoms with Crippen molar-refractivity contribution in [3.05, 3.63) is 109 Å². The molecule has 0 spiro atoms. The quantitative estimate of drug-likeness (QED) is 0.138. The highest BCUT2D eigenvalue weighted by Crippen LogP contribution is 2.35. The molecule has 0 saturated heterocycles. The van der Waals surface area contributed by atoms with E-state index in [1.165, 1.54) is 0 Å². The Balaban J connectivity index is 1.35. The number of carbonyl (C=O) groups is 3. The number of hydrogen-bond acceptors (Lipinski definition) is 7. The lowest BCUT2D eigenvalue weighted by Crippen LogP contribution is -2.56. The zero-order valence-corrected chi connectivity index (χ0v) is 24.3. The predicted molar refractivity (Wildman–Crippen MR) is 172 cm³/mol. The second-order valence-corrected chi connectivity index (χ2v) is 10.8. The van der Waals surface area contributed by atoms with Gasteiger partial charge in [0, 0.05) is 36.8 Å². The summed E-state index contributed by atoms with van der Waals surface area (Å²) in [5.74, 6) is -1.20. The van der Waals surface area contributed by atoms with Crippen molar-refractivity contribution in [3.8, 4) is 0 Å². The Kier molecular flexibility index (Phi) is 7.36. The lowest BCUT2D eigenvalue weighted by Gasteiger charge is -2.33. The number of para-hydroxylation sites is 3. The molecule has 3 aromatic carbocycles. The molecule has 0 bridgehead atoms. The van der Waals surface area contributed by atoms with Crippen molar-refractivity contribution in [1.29, 1.82) is 0 Å². The number of aryl methyl sites for hydroxylation is 1. The molecule has 1 unspecified atom stereocenters. The summed E-state index contributed by atoms with van der Waals surface area (Å²) in [6.07, 6.45) is 3.35. The normalized spacial score (nSPS) is 16.0. The van der Waals surface area contributed by atoms with Crippen LogP contribution in [0, 0.1) is 0 Å². The monoisotopic (exact) mass is 588 g/mol. The average Bonchev–Trinajstić information content (AvgIpc) is 3.53. The number of nitrogens with two attached hydrogens (primary N) is 1. The Labute approximate surface area is 253 Å². The highest BCUT2D eigenvalue weighted by atomic mass is 16.2.